The fourth-order valence-electron chi connectivity index (χ4n) is 2.07. The van der Waals surface area contributed by atoms with Gasteiger partial charge in [-0.15, -0.1) is 11.3 Å². The zero-order valence-corrected chi connectivity index (χ0v) is 16.9. The van der Waals surface area contributed by atoms with Crippen molar-refractivity contribution in [3.63, 3.8) is 0 Å². The lowest BCUT2D eigenvalue weighted by Crippen LogP contribution is -2.39. The summed E-state index contributed by atoms with van der Waals surface area (Å²) in [6.07, 6.45) is 1.94. The number of hydrogen-bond donors (Lipinski definition) is 2. The van der Waals surface area contributed by atoms with E-state index >= 15 is 0 Å². The Morgan fingerprint density at radius 3 is 2.62 bits per heavy atom. The van der Waals surface area contributed by atoms with E-state index in [4.69, 9.17) is 11.6 Å². The van der Waals surface area contributed by atoms with Crippen LogP contribution < -0.4 is 10.0 Å². The molecule has 0 saturated heterocycles. The maximum absolute atomic E-state index is 12.1. The van der Waals surface area contributed by atoms with E-state index in [1.54, 1.807) is 0 Å². The summed E-state index contributed by atoms with van der Waals surface area (Å²) in [5.74, 6) is -0.838. The molecule has 0 saturated carbocycles. The SMILES string of the molecule is CN(C)S(=O)(=O)NC(=O)c1nc(CNCCCc2ccccc2)sc1Cl. The Morgan fingerprint density at radius 2 is 1.96 bits per heavy atom. The molecule has 1 amide bonds. The average Bonchev–Trinajstić information content (AvgIpc) is 2.96. The predicted octanol–water partition coefficient (Wildman–Crippen LogP) is 2.06. The van der Waals surface area contributed by atoms with Gasteiger partial charge in [-0.2, -0.15) is 12.7 Å². The van der Waals surface area contributed by atoms with E-state index in [0.29, 0.717) is 11.6 Å². The van der Waals surface area contributed by atoms with Gasteiger partial charge in [0.15, 0.2) is 5.69 Å². The topological polar surface area (TPSA) is 91.4 Å². The summed E-state index contributed by atoms with van der Waals surface area (Å²) in [7, 11) is -1.23. The first-order valence-electron chi connectivity index (χ1n) is 7.94. The molecule has 10 heteroatoms. The number of rotatable bonds is 9. The van der Waals surface area contributed by atoms with Crippen molar-refractivity contribution in [3.8, 4) is 0 Å². The molecule has 0 aliphatic carbocycles. The van der Waals surface area contributed by atoms with E-state index in [1.807, 2.05) is 22.9 Å². The van der Waals surface area contributed by atoms with Gasteiger partial charge in [-0.25, -0.2) is 9.71 Å². The first-order chi connectivity index (χ1) is 12.3. The van der Waals surface area contributed by atoms with Gasteiger partial charge in [0.25, 0.3) is 5.91 Å². The second kappa shape index (κ2) is 9.43. The number of aryl methyl sites for hydroxylation is 1. The summed E-state index contributed by atoms with van der Waals surface area (Å²) in [5, 5.41) is 3.88. The Morgan fingerprint density at radius 1 is 1.27 bits per heavy atom. The lowest BCUT2D eigenvalue weighted by atomic mass is 10.1. The van der Waals surface area contributed by atoms with Crippen LogP contribution in [0.2, 0.25) is 4.34 Å². The standard InChI is InChI=1S/C16H21ClN4O3S2/c1-21(2)26(23,24)20-16(22)14-15(17)25-13(19-14)11-18-10-6-9-12-7-4-3-5-8-12/h3-5,7-8,18H,6,9-11H2,1-2H3,(H,20,22). The van der Waals surface area contributed by atoms with Crippen LogP contribution in [-0.2, 0) is 23.2 Å². The highest BCUT2D eigenvalue weighted by atomic mass is 35.5. The predicted molar refractivity (Wildman–Crippen MR) is 104 cm³/mol. The maximum Gasteiger partial charge on any atom is 0.303 e. The zero-order valence-electron chi connectivity index (χ0n) is 14.5. The summed E-state index contributed by atoms with van der Waals surface area (Å²) in [6, 6.07) is 10.2. The molecule has 2 rings (SSSR count). The lowest BCUT2D eigenvalue weighted by molar-refractivity contribution is 0.0975. The zero-order chi connectivity index (χ0) is 19.2. The minimum absolute atomic E-state index is 0.0804. The van der Waals surface area contributed by atoms with Crippen molar-refractivity contribution in [3.05, 3.63) is 50.9 Å². The minimum Gasteiger partial charge on any atom is -0.310 e. The van der Waals surface area contributed by atoms with E-state index in [1.165, 1.54) is 19.7 Å². The van der Waals surface area contributed by atoms with Gasteiger partial charge in [0.2, 0.25) is 0 Å². The molecule has 0 spiro atoms. The van der Waals surface area contributed by atoms with Crippen LogP contribution in [0.25, 0.3) is 0 Å². The van der Waals surface area contributed by atoms with Crippen molar-refractivity contribution in [2.45, 2.75) is 19.4 Å². The quantitative estimate of drug-likeness (QED) is 0.610. The normalized spacial score (nSPS) is 11.7. The molecular weight excluding hydrogens is 396 g/mol. The lowest BCUT2D eigenvalue weighted by Gasteiger charge is -2.11. The fraction of sp³-hybridized carbons (Fsp3) is 0.375. The molecule has 0 aliphatic rings. The van der Waals surface area contributed by atoms with Crippen molar-refractivity contribution in [2.75, 3.05) is 20.6 Å². The van der Waals surface area contributed by atoms with E-state index < -0.39 is 16.1 Å². The second-order valence-electron chi connectivity index (χ2n) is 5.71. The van der Waals surface area contributed by atoms with Crippen LogP contribution in [0.3, 0.4) is 0 Å². The molecule has 0 bridgehead atoms. The highest BCUT2D eigenvalue weighted by Gasteiger charge is 2.23. The highest BCUT2D eigenvalue weighted by Crippen LogP contribution is 2.24. The van der Waals surface area contributed by atoms with Crippen LogP contribution in [0.15, 0.2) is 30.3 Å². The number of hydrogen-bond acceptors (Lipinski definition) is 6. The largest absolute Gasteiger partial charge is 0.310 e. The highest BCUT2D eigenvalue weighted by molar-refractivity contribution is 7.87. The molecule has 0 aliphatic heterocycles. The van der Waals surface area contributed by atoms with Crippen molar-refractivity contribution in [2.24, 2.45) is 0 Å². The van der Waals surface area contributed by atoms with Crippen LogP contribution in [0, 0.1) is 0 Å². The van der Waals surface area contributed by atoms with E-state index in [0.717, 1.165) is 35.0 Å². The molecule has 7 nitrogen and oxygen atoms in total. The van der Waals surface area contributed by atoms with Gasteiger partial charge in [0.1, 0.15) is 9.34 Å². The van der Waals surface area contributed by atoms with Crippen molar-refractivity contribution >= 4 is 39.1 Å². The first-order valence-corrected chi connectivity index (χ1v) is 10.6. The summed E-state index contributed by atoms with van der Waals surface area (Å²) in [4.78, 5) is 16.2. The summed E-state index contributed by atoms with van der Waals surface area (Å²) < 4.78 is 26.4. The van der Waals surface area contributed by atoms with Crippen LogP contribution in [0.4, 0.5) is 0 Å². The number of halogens is 1. The number of aromatic nitrogens is 1. The first kappa shape index (κ1) is 20.8. The number of nitrogens with one attached hydrogen (secondary N) is 2. The monoisotopic (exact) mass is 416 g/mol. The van der Waals surface area contributed by atoms with Crippen LogP contribution in [-0.4, -0.2) is 44.3 Å². The summed E-state index contributed by atoms with van der Waals surface area (Å²) in [5.41, 5.74) is 1.20. The van der Waals surface area contributed by atoms with E-state index in [2.05, 4.69) is 22.4 Å². The Labute approximate surface area is 162 Å². The van der Waals surface area contributed by atoms with Crippen molar-refractivity contribution in [1.82, 2.24) is 19.3 Å². The molecule has 1 heterocycles. The van der Waals surface area contributed by atoms with Crippen molar-refractivity contribution < 1.29 is 13.2 Å². The fourth-order valence-corrected chi connectivity index (χ4v) is 3.74. The smallest absolute Gasteiger partial charge is 0.303 e. The number of nitrogens with zero attached hydrogens (tertiary/aromatic N) is 2. The molecule has 142 valence electrons. The average molecular weight is 417 g/mol. The molecule has 2 aromatic rings. The third-order valence-corrected chi connectivity index (χ3v) is 6.14. The Hall–Kier alpha value is -1.52. The molecule has 0 fully saturated rings. The number of amides is 1. The number of benzene rings is 1. The molecule has 26 heavy (non-hydrogen) atoms. The van der Waals surface area contributed by atoms with Crippen molar-refractivity contribution in [1.29, 1.82) is 0 Å². The van der Waals surface area contributed by atoms with E-state index in [9.17, 15) is 13.2 Å². The van der Waals surface area contributed by atoms with Gasteiger partial charge >= 0.3 is 10.2 Å². The third kappa shape index (κ3) is 6.03. The number of carbonyl (C=O) groups excluding carboxylic acids is 1. The van der Waals surface area contributed by atoms with Crippen LogP contribution in [0.1, 0.15) is 27.5 Å². The molecule has 1 aromatic heterocycles. The molecule has 2 N–H and O–H groups in total. The van der Waals surface area contributed by atoms with Gasteiger partial charge in [-0.1, -0.05) is 41.9 Å². The molecule has 0 unspecified atom stereocenters. The molecule has 0 atom stereocenters. The number of carbonyl (C=O) groups is 1. The minimum atomic E-state index is -3.88. The summed E-state index contributed by atoms with van der Waals surface area (Å²) >= 11 is 7.18. The van der Waals surface area contributed by atoms with Gasteiger partial charge in [-0.3, -0.25) is 4.79 Å². The van der Waals surface area contributed by atoms with Crippen LogP contribution >= 0.6 is 22.9 Å². The van der Waals surface area contributed by atoms with Gasteiger partial charge in [0.05, 0.1) is 0 Å². The molecule has 1 aromatic carbocycles. The van der Waals surface area contributed by atoms with Crippen LogP contribution in [0.5, 0.6) is 0 Å². The Balaban J connectivity index is 1.83. The third-order valence-electron chi connectivity index (χ3n) is 3.49. The maximum atomic E-state index is 12.1. The Kier molecular flexibility index (Phi) is 7.54. The van der Waals surface area contributed by atoms with Gasteiger partial charge in [0, 0.05) is 20.6 Å². The number of thiazole rings is 1. The Bertz CT molecular complexity index is 838. The molecular formula is C16H21ClN4O3S2. The summed E-state index contributed by atoms with van der Waals surface area (Å²) in [6.45, 7) is 1.26. The van der Waals surface area contributed by atoms with Gasteiger partial charge in [-0.05, 0) is 24.9 Å². The second-order valence-corrected chi connectivity index (χ2v) is 9.28. The van der Waals surface area contributed by atoms with Gasteiger partial charge < -0.3 is 5.32 Å². The molecule has 0 radical (unpaired) electrons. The van der Waals surface area contributed by atoms with E-state index in [-0.39, 0.29) is 10.0 Å².